The SMILES string of the molecule is Fc1cc(C2=NCCN2)ccc1OCCOc1ccccc1. The topological polar surface area (TPSA) is 42.9 Å². The van der Waals surface area contributed by atoms with Crippen LogP contribution in [0.4, 0.5) is 4.39 Å². The van der Waals surface area contributed by atoms with Gasteiger partial charge in [-0.15, -0.1) is 0 Å². The predicted octanol–water partition coefficient (Wildman–Crippen LogP) is 2.63. The van der Waals surface area contributed by atoms with Crippen molar-refractivity contribution < 1.29 is 13.9 Å². The number of benzene rings is 2. The first-order valence-electron chi connectivity index (χ1n) is 7.22. The summed E-state index contributed by atoms with van der Waals surface area (Å²) in [5.74, 6) is 1.33. The van der Waals surface area contributed by atoms with Crippen LogP contribution in [-0.4, -0.2) is 32.1 Å². The highest BCUT2D eigenvalue weighted by molar-refractivity contribution is 5.99. The van der Waals surface area contributed by atoms with Gasteiger partial charge in [-0.05, 0) is 30.3 Å². The summed E-state index contributed by atoms with van der Waals surface area (Å²) in [6.07, 6.45) is 0. The Hall–Kier alpha value is -2.56. The summed E-state index contributed by atoms with van der Waals surface area (Å²) in [6, 6.07) is 14.3. The van der Waals surface area contributed by atoms with Gasteiger partial charge in [0.25, 0.3) is 0 Å². The molecule has 0 unspecified atom stereocenters. The van der Waals surface area contributed by atoms with Crippen molar-refractivity contribution in [3.63, 3.8) is 0 Å². The highest BCUT2D eigenvalue weighted by atomic mass is 19.1. The molecule has 0 bridgehead atoms. The molecular weight excluding hydrogens is 283 g/mol. The van der Waals surface area contributed by atoms with Crippen molar-refractivity contribution in [2.75, 3.05) is 26.3 Å². The van der Waals surface area contributed by atoms with Crippen LogP contribution in [0.1, 0.15) is 5.56 Å². The summed E-state index contributed by atoms with van der Waals surface area (Å²) in [7, 11) is 0. The molecule has 0 spiro atoms. The van der Waals surface area contributed by atoms with E-state index < -0.39 is 5.82 Å². The van der Waals surface area contributed by atoms with Crippen LogP contribution in [0.15, 0.2) is 53.5 Å². The van der Waals surface area contributed by atoms with Gasteiger partial charge in [0.15, 0.2) is 11.6 Å². The first kappa shape index (κ1) is 14.4. The number of amidine groups is 1. The van der Waals surface area contributed by atoms with E-state index in [-0.39, 0.29) is 12.4 Å². The van der Waals surface area contributed by atoms with Gasteiger partial charge in [0.05, 0.1) is 6.54 Å². The maximum atomic E-state index is 14.0. The largest absolute Gasteiger partial charge is 0.490 e. The van der Waals surface area contributed by atoms with E-state index in [1.54, 1.807) is 12.1 Å². The third-order valence-corrected chi connectivity index (χ3v) is 3.23. The van der Waals surface area contributed by atoms with Crippen LogP contribution in [0, 0.1) is 5.82 Å². The van der Waals surface area contributed by atoms with Crippen LogP contribution >= 0.6 is 0 Å². The lowest BCUT2D eigenvalue weighted by molar-refractivity contribution is 0.211. The smallest absolute Gasteiger partial charge is 0.165 e. The molecule has 0 fully saturated rings. The fourth-order valence-corrected chi connectivity index (χ4v) is 2.18. The van der Waals surface area contributed by atoms with Gasteiger partial charge in [-0.3, -0.25) is 4.99 Å². The molecule has 2 aromatic carbocycles. The number of rotatable bonds is 6. The number of hydrogen-bond donors (Lipinski definition) is 1. The number of nitrogens with zero attached hydrogens (tertiary/aromatic N) is 1. The molecule has 22 heavy (non-hydrogen) atoms. The number of halogens is 1. The van der Waals surface area contributed by atoms with Crippen LogP contribution in [0.3, 0.4) is 0 Å². The quantitative estimate of drug-likeness (QED) is 0.834. The Morgan fingerprint density at radius 2 is 1.86 bits per heavy atom. The predicted molar refractivity (Wildman–Crippen MR) is 83.2 cm³/mol. The van der Waals surface area contributed by atoms with Gasteiger partial charge in [0.2, 0.25) is 0 Å². The fourth-order valence-electron chi connectivity index (χ4n) is 2.18. The van der Waals surface area contributed by atoms with Crippen molar-refractivity contribution in [1.29, 1.82) is 0 Å². The Morgan fingerprint density at radius 1 is 1.05 bits per heavy atom. The zero-order chi connectivity index (χ0) is 15.2. The minimum atomic E-state index is -0.395. The number of ether oxygens (including phenoxy) is 2. The van der Waals surface area contributed by atoms with Crippen molar-refractivity contribution in [3.8, 4) is 11.5 Å². The lowest BCUT2D eigenvalue weighted by Crippen LogP contribution is -2.19. The molecule has 114 valence electrons. The maximum absolute atomic E-state index is 14.0. The molecule has 1 N–H and O–H groups in total. The number of nitrogens with one attached hydrogen (secondary N) is 1. The van der Waals surface area contributed by atoms with Crippen molar-refractivity contribution in [2.45, 2.75) is 0 Å². The van der Waals surface area contributed by atoms with Gasteiger partial charge in [-0.2, -0.15) is 0 Å². The second kappa shape index (κ2) is 6.93. The monoisotopic (exact) mass is 300 g/mol. The van der Waals surface area contributed by atoms with Crippen molar-refractivity contribution >= 4 is 5.84 Å². The Morgan fingerprint density at radius 3 is 2.59 bits per heavy atom. The van der Waals surface area contributed by atoms with E-state index in [0.717, 1.165) is 30.2 Å². The van der Waals surface area contributed by atoms with Gasteiger partial charge >= 0.3 is 0 Å². The van der Waals surface area contributed by atoms with Crippen LogP contribution in [0.5, 0.6) is 11.5 Å². The third-order valence-electron chi connectivity index (χ3n) is 3.23. The molecule has 1 aliphatic heterocycles. The average molecular weight is 300 g/mol. The normalized spacial score (nSPS) is 13.4. The second-order valence-electron chi connectivity index (χ2n) is 4.81. The molecule has 0 radical (unpaired) electrons. The molecule has 0 aromatic heterocycles. The number of hydrogen-bond acceptors (Lipinski definition) is 4. The molecule has 0 saturated heterocycles. The summed E-state index contributed by atoms with van der Waals surface area (Å²) in [5.41, 5.74) is 0.739. The van der Waals surface area contributed by atoms with E-state index >= 15 is 0 Å². The number of para-hydroxylation sites is 1. The third kappa shape index (κ3) is 3.55. The van der Waals surface area contributed by atoms with Crippen LogP contribution < -0.4 is 14.8 Å². The average Bonchev–Trinajstić information content (AvgIpc) is 3.08. The molecule has 0 atom stereocenters. The summed E-state index contributed by atoms with van der Waals surface area (Å²) in [6.45, 7) is 2.17. The molecule has 2 aromatic rings. The Balaban J connectivity index is 1.52. The summed E-state index contributed by atoms with van der Waals surface area (Å²) >= 11 is 0. The minimum absolute atomic E-state index is 0.221. The molecule has 1 heterocycles. The van der Waals surface area contributed by atoms with E-state index in [0.29, 0.717) is 6.61 Å². The fraction of sp³-hybridized carbons (Fsp3) is 0.235. The van der Waals surface area contributed by atoms with Crippen molar-refractivity contribution in [3.05, 3.63) is 59.9 Å². The van der Waals surface area contributed by atoms with Gasteiger partial charge in [-0.1, -0.05) is 18.2 Å². The lowest BCUT2D eigenvalue weighted by Gasteiger charge is -2.10. The zero-order valence-electron chi connectivity index (χ0n) is 12.1. The molecule has 0 amide bonds. The van der Waals surface area contributed by atoms with E-state index in [4.69, 9.17) is 9.47 Å². The summed E-state index contributed by atoms with van der Waals surface area (Å²) in [4.78, 5) is 4.26. The van der Waals surface area contributed by atoms with Crippen molar-refractivity contribution in [2.24, 2.45) is 4.99 Å². The first-order chi connectivity index (χ1) is 10.8. The maximum Gasteiger partial charge on any atom is 0.165 e. The van der Waals surface area contributed by atoms with Crippen molar-refractivity contribution in [1.82, 2.24) is 5.32 Å². The van der Waals surface area contributed by atoms with Gasteiger partial charge in [0.1, 0.15) is 24.8 Å². The van der Waals surface area contributed by atoms with E-state index in [9.17, 15) is 4.39 Å². The highest BCUT2D eigenvalue weighted by Crippen LogP contribution is 2.19. The Bertz CT molecular complexity index is 659. The highest BCUT2D eigenvalue weighted by Gasteiger charge is 2.11. The Labute approximate surface area is 128 Å². The molecule has 0 aliphatic carbocycles. The molecule has 3 rings (SSSR count). The van der Waals surface area contributed by atoms with E-state index in [2.05, 4.69) is 10.3 Å². The van der Waals surface area contributed by atoms with E-state index in [1.165, 1.54) is 6.07 Å². The Kier molecular flexibility index (Phi) is 4.53. The standard InChI is InChI=1S/C17H17FN2O2/c18-15-12-13(17-19-8-9-20-17)6-7-16(15)22-11-10-21-14-4-2-1-3-5-14/h1-7,12H,8-11H2,(H,19,20). The molecule has 1 aliphatic rings. The van der Waals surface area contributed by atoms with Crippen LogP contribution in [0.2, 0.25) is 0 Å². The van der Waals surface area contributed by atoms with Gasteiger partial charge in [0, 0.05) is 12.1 Å². The molecule has 4 nitrogen and oxygen atoms in total. The zero-order valence-corrected chi connectivity index (χ0v) is 12.1. The number of aliphatic imine (C=N–C) groups is 1. The van der Waals surface area contributed by atoms with Gasteiger partial charge in [-0.25, -0.2) is 4.39 Å². The molecule has 5 heteroatoms. The lowest BCUT2D eigenvalue weighted by atomic mass is 10.2. The van der Waals surface area contributed by atoms with E-state index in [1.807, 2.05) is 30.3 Å². The minimum Gasteiger partial charge on any atom is -0.490 e. The van der Waals surface area contributed by atoms with Crippen LogP contribution in [0.25, 0.3) is 0 Å². The second-order valence-corrected chi connectivity index (χ2v) is 4.81. The summed E-state index contributed by atoms with van der Waals surface area (Å²) in [5, 5.41) is 3.11. The summed E-state index contributed by atoms with van der Waals surface area (Å²) < 4.78 is 24.9. The first-order valence-corrected chi connectivity index (χ1v) is 7.22. The van der Waals surface area contributed by atoms with Crippen LogP contribution in [-0.2, 0) is 0 Å². The molecular formula is C17H17FN2O2. The van der Waals surface area contributed by atoms with Gasteiger partial charge < -0.3 is 14.8 Å². The molecule has 0 saturated carbocycles.